The monoisotopic (exact) mass is 303 g/mol. The number of hydrogen-bond acceptors (Lipinski definition) is 5. The summed E-state index contributed by atoms with van der Waals surface area (Å²) in [6.07, 6.45) is 2.52. The van der Waals surface area contributed by atoms with Crippen molar-refractivity contribution < 1.29 is 4.79 Å². The van der Waals surface area contributed by atoms with Crippen molar-refractivity contribution in [2.24, 2.45) is 5.84 Å². The predicted octanol–water partition coefficient (Wildman–Crippen LogP) is 1.75. The summed E-state index contributed by atoms with van der Waals surface area (Å²) in [5, 5.41) is 6.60. The Kier molecular flexibility index (Phi) is 4.68. The summed E-state index contributed by atoms with van der Waals surface area (Å²) in [5.74, 6) is 6.07. The molecule has 0 aliphatic heterocycles. The van der Waals surface area contributed by atoms with E-state index in [0.29, 0.717) is 40.7 Å². The maximum atomic E-state index is 11.5. The minimum absolute atomic E-state index is 0.0252. The van der Waals surface area contributed by atoms with E-state index in [1.807, 2.05) is 0 Å². The second-order valence-electron chi connectivity index (χ2n) is 4.31. The zero-order chi connectivity index (χ0) is 13.8. The van der Waals surface area contributed by atoms with Crippen LogP contribution in [-0.4, -0.2) is 23.5 Å². The number of aromatic nitrogens is 1. The highest BCUT2D eigenvalue weighted by atomic mass is 35.5. The summed E-state index contributed by atoms with van der Waals surface area (Å²) in [6, 6.07) is 1.91. The summed E-state index contributed by atoms with van der Waals surface area (Å²) in [7, 11) is 0. The molecule has 1 heterocycles. The normalized spacial score (nSPS) is 14.1. The van der Waals surface area contributed by atoms with Crippen LogP contribution in [0.4, 0.5) is 11.6 Å². The minimum Gasteiger partial charge on any atom is -0.368 e. The Morgan fingerprint density at radius 3 is 2.68 bits per heavy atom. The van der Waals surface area contributed by atoms with Gasteiger partial charge >= 0.3 is 0 Å². The van der Waals surface area contributed by atoms with E-state index in [2.05, 4.69) is 21.0 Å². The van der Waals surface area contributed by atoms with Crippen LogP contribution in [-0.2, 0) is 4.79 Å². The quantitative estimate of drug-likeness (QED) is 0.475. The molecule has 104 valence electrons. The van der Waals surface area contributed by atoms with Crippen LogP contribution < -0.4 is 21.9 Å². The van der Waals surface area contributed by atoms with E-state index < -0.39 is 0 Å². The highest BCUT2D eigenvalue weighted by Crippen LogP contribution is 2.28. The number of hydrazine groups is 1. The van der Waals surface area contributed by atoms with Gasteiger partial charge in [-0.3, -0.25) is 4.79 Å². The van der Waals surface area contributed by atoms with Gasteiger partial charge in [-0.15, -0.1) is 0 Å². The maximum Gasteiger partial charge on any atom is 0.221 e. The lowest BCUT2D eigenvalue weighted by molar-refractivity contribution is -0.120. The zero-order valence-electron chi connectivity index (χ0n) is 10.2. The van der Waals surface area contributed by atoms with Gasteiger partial charge in [0.2, 0.25) is 5.91 Å². The van der Waals surface area contributed by atoms with Crippen LogP contribution in [0.15, 0.2) is 6.07 Å². The molecule has 1 aromatic rings. The van der Waals surface area contributed by atoms with Gasteiger partial charge < -0.3 is 16.1 Å². The SMILES string of the molecule is NNc1nc(NCCC(=O)NC2CC2)c(Cl)cc1Cl. The second-order valence-corrected chi connectivity index (χ2v) is 5.13. The van der Waals surface area contributed by atoms with E-state index >= 15 is 0 Å². The smallest absolute Gasteiger partial charge is 0.221 e. The number of nitrogens with one attached hydrogen (secondary N) is 3. The molecule has 1 fully saturated rings. The fourth-order valence-electron chi connectivity index (χ4n) is 1.51. The van der Waals surface area contributed by atoms with Gasteiger partial charge in [0.1, 0.15) is 5.82 Å². The molecule has 0 spiro atoms. The van der Waals surface area contributed by atoms with Gasteiger partial charge in [0.15, 0.2) is 5.82 Å². The molecule has 6 nitrogen and oxygen atoms in total. The predicted molar refractivity (Wildman–Crippen MR) is 76.3 cm³/mol. The van der Waals surface area contributed by atoms with Crippen molar-refractivity contribution in [1.82, 2.24) is 10.3 Å². The molecule has 5 N–H and O–H groups in total. The number of amides is 1. The first-order valence-electron chi connectivity index (χ1n) is 5.96. The zero-order valence-corrected chi connectivity index (χ0v) is 11.7. The highest BCUT2D eigenvalue weighted by molar-refractivity contribution is 6.37. The van der Waals surface area contributed by atoms with Gasteiger partial charge in [-0.1, -0.05) is 23.2 Å². The molecule has 1 aromatic heterocycles. The lowest BCUT2D eigenvalue weighted by atomic mass is 10.3. The van der Waals surface area contributed by atoms with Gasteiger partial charge in [-0.05, 0) is 18.9 Å². The third-order valence-corrected chi connectivity index (χ3v) is 3.23. The molecule has 8 heteroatoms. The lowest BCUT2D eigenvalue weighted by Gasteiger charge is -2.10. The Morgan fingerprint density at radius 2 is 2.05 bits per heavy atom. The third kappa shape index (κ3) is 4.12. The molecule has 0 radical (unpaired) electrons. The molecule has 1 aliphatic carbocycles. The van der Waals surface area contributed by atoms with E-state index in [1.165, 1.54) is 6.07 Å². The van der Waals surface area contributed by atoms with Crippen molar-refractivity contribution in [3.63, 3.8) is 0 Å². The molecule has 0 bridgehead atoms. The van der Waals surface area contributed by atoms with Crippen LogP contribution in [0.2, 0.25) is 10.0 Å². The summed E-state index contributed by atoms with van der Waals surface area (Å²) >= 11 is 11.9. The Bertz CT molecular complexity index is 478. The third-order valence-electron chi connectivity index (χ3n) is 2.65. The van der Waals surface area contributed by atoms with Crippen molar-refractivity contribution in [3.05, 3.63) is 16.1 Å². The van der Waals surface area contributed by atoms with E-state index in [9.17, 15) is 4.79 Å². The number of carbonyl (C=O) groups excluding carboxylic acids is 1. The highest BCUT2D eigenvalue weighted by Gasteiger charge is 2.22. The molecule has 0 aromatic carbocycles. The van der Waals surface area contributed by atoms with E-state index in [-0.39, 0.29) is 5.91 Å². The summed E-state index contributed by atoms with van der Waals surface area (Å²) in [4.78, 5) is 15.6. The van der Waals surface area contributed by atoms with E-state index in [0.717, 1.165) is 12.8 Å². The molecule has 1 aliphatic rings. The van der Waals surface area contributed by atoms with Crippen molar-refractivity contribution in [2.75, 3.05) is 17.3 Å². The topological polar surface area (TPSA) is 92.1 Å². The molecule has 1 saturated carbocycles. The van der Waals surface area contributed by atoms with Crippen molar-refractivity contribution >= 4 is 40.7 Å². The Hall–Kier alpha value is -1.24. The number of nitrogens with two attached hydrogens (primary N) is 1. The summed E-state index contributed by atoms with van der Waals surface area (Å²) < 4.78 is 0. The van der Waals surface area contributed by atoms with Crippen LogP contribution in [0.25, 0.3) is 0 Å². The fraction of sp³-hybridized carbons (Fsp3) is 0.455. The molecular formula is C11H15Cl2N5O. The average Bonchev–Trinajstić information content (AvgIpc) is 3.15. The Morgan fingerprint density at radius 1 is 1.37 bits per heavy atom. The van der Waals surface area contributed by atoms with Gasteiger partial charge in [0.05, 0.1) is 10.0 Å². The molecule has 1 amide bonds. The first kappa shape index (κ1) is 14.2. The molecule has 2 rings (SSSR count). The van der Waals surface area contributed by atoms with Gasteiger partial charge in [-0.25, -0.2) is 10.8 Å². The van der Waals surface area contributed by atoms with Gasteiger partial charge in [0.25, 0.3) is 0 Å². The van der Waals surface area contributed by atoms with Crippen molar-refractivity contribution in [2.45, 2.75) is 25.3 Å². The number of nitrogen functional groups attached to an aromatic ring is 1. The average molecular weight is 304 g/mol. The van der Waals surface area contributed by atoms with Crippen LogP contribution in [0.1, 0.15) is 19.3 Å². The standard InChI is InChI=1S/C11H15Cl2N5O/c12-7-5-8(13)11(18-14)17-10(7)15-4-3-9(19)16-6-1-2-6/h5-6H,1-4,14H2,(H,16,19)(H2,15,17,18). The molecule has 0 unspecified atom stereocenters. The number of anilines is 2. The summed E-state index contributed by atoms with van der Waals surface area (Å²) in [6.45, 7) is 0.441. The largest absolute Gasteiger partial charge is 0.368 e. The number of nitrogens with zero attached hydrogens (tertiary/aromatic N) is 1. The number of rotatable bonds is 6. The van der Waals surface area contributed by atoms with Crippen LogP contribution >= 0.6 is 23.2 Å². The number of carbonyl (C=O) groups is 1. The number of pyridine rings is 1. The second kappa shape index (κ2) is 6.27. The lowest BCUT2D eigenvalue weighted by Crippen LogP contribution is -2.27. The van der Waals surface area contributed by atoms with Crippen LogP contribution in [0, 0.1) is 0 Å². The van der Waals surface area contributed by atoms with Crippen LogP contribution in [0.5, 0.6) is 0 Å². The van der Waals surface area contributed by atoms with E-state index in [4.69, 9.17) is 29.0 Å². The maximum absolute atomic E-state index is 11.5. The van der Waals surface area contributed by atoms with Crippen molar-refractivity contribution in [3.8, 4) is 0 Å². The molecule has 0 saturated heterocycles. The fourth-order valence-corrected chi connectivity index (χ4v) is 1.99. The first-order chi connectivity index (χ1) is 9.10. The van der Waals surface area contributed by atoms with E-state index in [1.54, 1.807) is 0 Å². The summed E-state index contributed by atoms with van der Waals surface area (Å²) in [5.41, 5.74) is 2.38. The number of hydrogen-bond donors (Lipinski definition) is 4. The Labute approximate surface area is 121 Å². The molecular weight excluding hydrogens is 289 g/mol. The molecule has 0 atom stereocenters. The van der Waals surface area contributed by atoms with Gasteiger partial charge in [-0.2, -0.15) is 0 Å². The Balaban J connectivity index is 1.86. The minimum atomic E-state index is 0.0252. The van der Waals surface area contributed by atoms with Crippen LogP contribution in [0.3, 0.4) is 0 Å². The van der Waals surface area contributed by atoms with Crippen molar-refractivity contribution in [1.29, 1.82) is 0 Å². The first-order valence-corrected chi connectivity index (χ1v) is 6.71. The van der Waals surface area contributed by atoms with Gasteiger partial charge in [0, 0.05) is 19.0 Å². The number of halogens is 2. The molecule has 19 heavy (non-hydrogen) atoms.